The molecular weight excluding hydrogens is 212 g/mol. The van der Waals surface area contributed by atoms with Crippen LogP contribution in [0.3, 0.4) is 0 Å². The molecule has 88 valence electrons. The zero-order valence-electron chi connectivity index (χ0n) is 10.4. The fourth-order valence-electron chi connectivity index (χ4n) is 1.69. The molecule has 0 atom stereocenters. The molecule has 0 amide bonds. The predicted octanol–water partition coefficient (Wildman–Crippen LogP) is 2.69. The Labute approximate surface area is 102 Å². The van der Waals surface area contributed by atoms with Gasteiger partial charge in [-0.3, -0.25) is 9.97 Å². The van der Waals surface area contributed by atoms with Gasteiger partial charge in [-0.1, -0.05) is 12.1 Å². The first kappa shape index (κ1) is 11.6. The second-order valence-electron chi connectivity index (χ2n) is 4.07. The van der Waals surface area contributed by atoms with Gasteiger partial charge < -0.3 is 4.74 Å². The Balaban J connectivity index is 2.22. The minimum atomic E-state index is 0.810. The zero-order valence-corrected chi connectivity index (χ0v) is 10.4. The fraction of sp³-hybridized carbons (Fsp3) is 0.286. The highest BCUT2D eigenvalue weighted by molar-refractivity contribution is 5.30. The second-order valence-corrected chi connectivity index (χ2v) is 4.07. The van der Waals surface area contributed by atoms with Gasteiger partial charge in [0.15, 0.2) is 0 Å². The fourth-order valence-corrected chi connectivity index (χ4v) is 1.69. The van der Waals surface area contributed by atoms with Gasteiger partial charge in [0.05, 0.1) is 24.2 Å². The molecule has 3 nitrogen and oxygen atoms in total. The monoisotopic (exact) mass is 228 g/mol. The first-order valence-corrected chi connectivity index (χ1v) is 5.61. The molecule has 0 aliphatic carbocycles. The zero-order chi connectivity index (χ0) is 12.3. The molecule has 1 heterocycles. The van der Waals surface area contributed by atoms with Crippen LogP contribution >= 0.6 is 0 Å². The van der Waals surface area contributed by atoms with Crippen molar-refractivity contribution in [3.05, 3.63) is 53.1 Å². The molecule has 2 aromatic rings. The van der Waals surface area contributed by atoms with Crippen LogP contribution in [0.2, 0.25) is 0 Å². The highest BCUT2D eigenvalue weighted by atomic mass is 16.5. The molecule has 3 heteroatoms. The summed E-state index contributed by atoms with van der Waals surface area (Å²) in [4.78, 5) is 8.84. The van der Waals surface area contributed by atoms with E-state index in [9.17, 15) is 0 Å². The highest BCUT2D eigenvalue weighted by Gasteiger charge is 2.03. The Bertz CT molecular complexity index is 506. The molecule has 0 N–H and O–H groups in total. The molecule has 0 aliphatic heterocycles. The van der Waals surface area contributed by atoms with Crippen molar-refractivity contribution in [1.82, 2.24) is 9.97 Å². The van der Waals surface area contributed by atoms with E-state index in [1.165, 1.54) is 5.56 Å². The maximum Gasteiger partial charge on any atom is 0.118 e. The van der Waals surface area contributed by atoms with E-state index < -0.39 is 0 Å². The number of aryl methyl sites for hydroxylation is 2. The average Bonchev–Trinajstić information content (AvgIpc) is 2.35. The summed E-state index contributed by atoms with van der Waals surface area (Å²) in [6, 6.07) is 8.05. The number of benzene rings is 1. The summed E-state index contributed by atoms with van der Waals surface area (Å²) in [6.07, 6.45) is 2.61. The quantitative estimate of drug-likeness (QED) is 0.810. The summed E-state index contributed by atoms with van der Waals surface area (Å²) in [6.45, 7) is 3.95. The maximum atomic E-state index is 5.13. The van der Waals surface area contributed by atoms with Gasteiger partial charge in [0.25, 0.3) is 0 Å². The van der Waals surface area contributed by atoms with E-state index in [1.54, 1.807) is 13.3 Å². The Kier molecular flexibility index (Phi) is 3.38. The van der Waals surface area contributed by atoms with Gasteiger partial charge in [-0.15, -0.1) is 0 Å². The van der Waals surface area contributed by atoms with E-state index in [-0.39, 0.29) is 0 Å². The van der Waals surface area contributed by atoms with Gasteiger partial charge in [0, 0.05) is 12.6 Å². The van der Waals surface area contributed by atoms with Crippen LogP contribution in [0.4, 0.5) is 0 Å². The third kappa shape index (κ3) is 2.81. The van der Waals surface area contributed by atoms with Gasteiger partial charge in [0.1, 0.15) is 5.75 Å². The average molecular weight is 228 g/mol. The normalized spacial score (nSPS) is 10.3. The summed E-state index contributed by atoms with van der Waals surface area (Å²) in [5.41, 5.74) is 4.20. The van der Waals surface area contributed by atoms with Crippen LogP contribution < -0.4 is 4.74 Å². The van der Waals surface area contributed by atoms with E-state index in [1.807, 2.05) is 26.0 Å². The molecule has 0 spiro atoms. The van der Waals surface area contributed by atoms with Gasteiger partial charge in [-0.2, -0.15) is 0 Å². The predicted molar refractivity (Wildman–Crippen MR) is 67.3 cm³/mol. The summed E-state index contributed by atoms with van der Waals surface area (Å²) in [5, 5.41) is 0. The molecule has 17 heavy (non-hydrogen) atoms. The molecule has 0 fully saturated rings. The second kappa shape index (κ2) is 4.95. The van der Waals surface area contributed by atoms with Crippen LogP contribution in [-0.4, -0.2) is 17.1 Å². The van der Waals surface area contributed by atoms with E-state index >= 15 is 0 Å². The Morgan fingerprint density at radius 1 is 1.12 bits per heavy atom. The molecular formula is C14H16N2O. The van der Waals surface area contributed by atoms with Crippen molar-refractivity contribution in [1.29, 1.82) is 0 Å². The molecule has 0 bridgehead atoms. The number of hydrogen-bond acceptors (Lipinski definition) is 3. The maximum absolute atomic E-state index is 5.13. The van der Waals surface area contributed by atoms with E-state index in [0.29, 0.717) is 0 Å². The standard InChI is InChI=1S/C14H16N2O/c1-10-9-15-11(2)14(16-10)8-12-4-6-13(17-3)7-5-12/h4-7,9H,8H2,1-3H3. The summed E-state index contributed by atoms with van der Waals surface area (Å²) < 4.78 is 5.13. The lowest BCUT2D eigenvalue weighted by atomic mass is 10.1. The minimum absolute atomic E-state index is 0.810. The first-order chi connectivity index (χ1) is 8.19. The van der Waals surface area contributed by atoms with Crippen LogP contribution in [-0.2, 0) is 6.42 Å². The highest BCUT2D eigenvalue weighted by Crippen LogP contribution is 2.15. The van der Waals surface area contributed by atoms with Crippen LogP contribution in [0.15, 0.2) is 30.5 Å². The van der Waals surface area contributed by atoms with Gasteiger partial charge >= 0.3 is 0 Å². The molecule has 0 radical (unpaired) electrons. The number of nitrogens with zero attached hydrogens (tertiary/aromatic N) is 2. The lowest BCUT2D eigenvalue weighted by Gasteiger charge is -2.06. The molecule has 0 saturated heterocycles. The lowest BCUT2D eigenvalue weighted by molar-refractivity contribution is 0.414. The first-order valence-electron chi connectivity index (χ1n) is 5.61. The molecule has 0 saturated carbocycles. The van der Waals surface area contributed by atoms with E-state index in [4.69, 9.17) is 4.74 Å². The molecule has 1 aromatic heterocycles. The minimum Gasteiger partial charge on any atom is -0.497 e. The van der Waals surface area contributed by atoms with Crippen molar-refractivity contribution in [3.8, 4) is 5.75 Å². The Hall–Kier alpha value is -1.90. The van der Waals surface area contributed by atoms with Gasteiger partial charge in [-0.05, 0) is 31.5 Å². The molecule has 0 unspecified atom stereocenters. The number of aromatic nitrogens is 2. The Morgan fingerprint density at radius 2 is 1.82 bits per heavy atom. The molecule has 0 aliphatic rings. The van der Waals surface area contributed by atoms with Crippen molar-refractivity contribution in [2.24, 2.45) is 0 Å². The van der Waals surface area contributed by atoms with E-state index in [0.717, 1.165) is 29.3 Å². The summed E-state index contributed by atoms with van der Waals surface area (Å²) >= 11 is 0. The SMILES string of the molecule is COc1ccc(Cc2nc(C)cnc2C)cc1. The van der Waals surface area contributed by atoms with Gasteiger partial charge in [-0.25, -0.2) is 0 Å². The van der Waals surface area contributed by atoms with Gasteiger partial charge in [0.2, 0.25) is 0 Å². The third-order valence-electron chi connectivity index (χ3n) is 2.70. The molecule has 2 rings (SSSR count). The number of hydrogen-bond donors (Lipinski definition) is 0. The Morgan fingerprint density at radius 3 is 2.47 bits per heavy atom. The topological polar surface area (TPSA) is 35.0 Å². The van der Waals surface area contributed by atoms with Crippen molar-refractivity contribution < 1.29 is 4.74 Å². The van der Waals surface area contributed by atoms with E-state index in [2.05, 4.69) is 22.1 Å². The van der Waals surface area contributed by atoms with Crippen molar-refractivity contribution in [2.45, 2.75) is 20.3 Å². The van der Waals surface area contributed by atoms with Crippen molar-refractivity contribution in [2.75, 3.05) is 7.11 Å². The number of ether oxygens (including phenoxy) is 1. The van der Waals surface area contributed by atoms with Crippen LogP contribution in [0, 0.1) is 13.8 Å². The van der Waals surface area contributed by atoms with Crippen LogP contribution in [0.1, 0.15) is 22.6 Å². The summed E-state index contributed by atoms with van der Waals surface area (Å²) in [7, 11) is 1.67. The van der Waals surface area contributed by atoms with Crippen molar-refractivity contribution >= 4 is 0 Å². The van der Waals surface area contributed by atoms with Crippen molar-refractivity contribution in [3.63, 3.8) is 0 Å². The lowest BCUT2D eigenvalue weighted by Crippen LogP contribution is -2.00. The smallest absolute Gasteiger partial charge is 0.118 e. The number of methoxy groups -OCH3 is 1. The molecule has 1 aromatic carbocycles. The van der Waals surface area contributed by atoms with Crippen LogP contribution in [0.25, 0.3) is 0 Å². The summed E-state index contributed by atoms with van der Waals surface area (Å²) in [5.74, 6) is 0.876. The van der Waals surface area contributed by atoms with Crippen LogP contribution in [0.5, 0.6) is 5.75 Å². The largest absolute Gasteiger partial charge is 0.497 e. The third-order valence-corrected chi connectivity index (χ3v) is 2.70. The number of rotatable bonds is 3.